The van der Waals surface area contributed by atoms with Crippen LogP contribution in [0.15, 0.2) is 18.2 Å². The van der Waals surface area contributed by atoms with Crippen molar-refractivity contribution in [3.63, 3.8) is 0 Å². The lowest BCUT2D eigenvalue weighted by molar-refractivity contribution is 0.00709. The van der Waals surface area contributed by atoms with Gasteiger partial charge in [0.05, 0.1) is 12.1 Å². The van der Waals surface area contributed by atoms with E-state index in [0.29, 0.717) is 30.7 Å². The Kier molecular flexibility index (Phi) is 5.11. The Morgan fingerprint density at radius 3 is 2.88 bits per heavy atom. The van der Waals surface area contributed by atoms with Gasteiger partial charge in [-0.25, -0.2) is 14.6 Å². The number of hydrogen-bond acceptors (Lipinski definition) is 5. The maximum Gasteiger partial charge on any atom is 0.407 e. The number of alkyl carbamates (subject to hydrolysis) is 1. The summed E-state index contributed by atoms with van der Waals surface area (Å²) in [5.74, 6) is 0.0380. The van der Waals surface area contributed by atoms with Crippen LogP contribution in [0.4, 0.5) is 9.18 Å². The number of carbonyl (C=O) groups is 1. The molecule has 1 saturated carbocycles. The van der Waals surface area contributed by atoms with E-state index in [2.05, 4.69) is 16.2 Å². The number of hydrazine groups is 1. The largest absolute Gasteiger partial charge is 0.442 e. The molecule has 3 aliphatic rings. The normalized spacial score (nSPS) is 35.0. The quantitative estimate of drug-likeness (QED) is 0.661. The van der Waals surface area contributed by atoms with Gasteiger partial charge in [0.25, 0.3) is 0 Å². The number of fused-ring (bicyclic) bond motifs is 4. The van der Waals surface area contributed by atoms with Crippen LogP contribution in [0.25, 0.3) is 0 Å². The second kappa shape index (κ2) is 7.50. The number of ether oxygens (including phenoxy) is 2. The maximum absolute atomic E-state index is 14.3. The average molecular weight is 363 g/mol. The molecule has 3 N–H and O–H groups in total. The molecule has 142 valence electrons. The van der Waals surface area contributed by atoms with E-state index in [1.165, 1.54) is 6.07 Å². The molecule has 7 heteroatoms. The molecule has 5 unspecified atom stereocenters. The fraction of sp³-hybridized carbons (Fsp3) is 0.632. The van der Waals surface area contributed by atoms with E-state index in [0.717, 1.165) is 31.2 Å². The number of halogens is 1. The van der Waals surface area contributed by atoms with Crippen LogP contribution in [0.3, 0.4) is 0 Å². The van der Waals surface area contributed by atoms with Crippen molar-refractivity contribution in [1.82, 2.24) is 16.2 Å². The van der Waals surface area contributed by atoms with Crippen LogP contribution in [-0.4, -0.2) is 31.4 Å². The first-order valence-electron chi connectivity index (χ1n) is 9.47. The Bertz CT molecular complexity index is 671. The van der Waals surface area contributed by atoms with Gasteiger partial charge in [0.1, 0.15) is 11.9 Å². The first-order chi connectivity index (χ1) is 12.6. The van der Waals surface area contributed by atoms with E-state index in [1.54, 1.807) is 13.0 Å². The molecule has 2 heterocycles. The molecule has 2 aliphatic heterocycles. The Morgan fingerprint density at radius 1 is 1.15 bits per heavy atom. The summed E-state index contributed by atoms with van der Waals surface area (Å²) >= 11 is 0. The molecule has 6 nitrogen and oxygen atoms in total. The summed E-state index contributed by atoms with van der Waals surface area (Å²) in [6, 6.07) is 5.34. The SMILES string of the molecule is CC1OC(=O)NCCCOC2CCC3NNC(c4cc(F)cc1c4)C3C2. The van der Waals surface area contributed by atoms with Gasteiger partial charge in [-0.3, -0.25) is 5.43 Å². The van der Waals surface area contributed by atoms with E-state index >= 15 is 0 Å². The number of nitrogens with one attached hydrogen (secondary N) is 3. The Labute approximate surface area is 152 Å². The molecular formula is C19H26FN3O3. The fourth-order valence-corrected chi connectivity index (χ4v) is 4.33. The molecule has 5 atom stereocenters. The van der Waals surface area contributed by atoms with Gasteiger partial charge >= 0.3 is 6.09 Å². The molecule has 1 aliphatic carbocycles. The van der Waals surface area contributed by atoms with Crippen molar-refractivity contribution < 1.29 is 18.7 Å². The zero-order valence-electron chi connectivity index (χ0n) is 15.0. The molecule has 1 amide bonds. The van der Waals surface area contributed by atoms with Gasteiger partial charge in [0, 0.05) is 19.2 Å². The first kappa shape index (κ1) is 17.7. The van der Waals surface area contributed by atoms with Gasteiger partial charge in [0.2, 0.25) is 0 Å². The van der Waals surface area contributed by atoms with Crippen molar-refractivity contribution in [2.24, 2.45) is 5.92 Å². The van der Waals surface area contributed by atoms with Crippen LogP contribution in [0.5, 0.6) is 0 Å². The number of amides is 1. The van der Waals surface area contributed by atoms with Gasteiger partial charge in [-0.05, 0) is 61.8 Å². The molecule has 0 radical (unpaired) electrons. The minimum Gasteiger partial charge on any atom is -0.442 e. The smallest absolute Gasteiger partial charge is 0.407 e. The van der Waals surface area contributed by atoms with Crippen LogP contribution < -0.4 is 16.2 Å². The molecule has 26 heavy (non-hydrogen) atoms. The summed E-state index contributed by atoms with van der Waals surface area (Å²) in [5.41, 5.74) is 8.26. The lowest BCUT2D eigenvalue weighted by Gasteiger charge is -2.33. The summed E-state index contributed by atoms with van der Waals surface area (Å²) in [5, 5.41) is 2.73. The van der Waals surface area contributed by atoms with Gasteiger partial charge in [0.15, 0.2) is 0 Å². The molecule has 2 fully saturated rings. The van der Waals surface area contributed by atoms with Crippen LogP contribution in [0.1, 0.15) is 55.9 Å². The number of hydrogen-bond donors (Lipinski definition) is 3. The second-order valence-electron chi connectivity index (χ2n) is 7.49. The lowest BCUT2D eigenvalue weighted by atomic mass is 9.78. The highest BCUT2D eigenvalue weighted by atomic mass is 19.1. The number of cyclic esters (lactones) is 1. The minimum atomic E-state index is -0.518. The van der Waals surface area contributed by atoms with Gasteiger partial charge in [-0.1, -0.05) is 6.07 Å². The Hall–Kier alpha value is -1.70. The Morgan fingerprint density at radius 2 is 2.00 bits per heavy atom. The molecule has 1 saturated heterocycles. The van der Waals surface area contributed by atoms with Crippen LogP contribution in [0, 0.1) is 11.7 Å². The zero-order valence-corrected chi connectivity index (χ0v) is 15.0. The third-order valence-electron chi connectivity index (χ3n) is 5.70. The monoisotopic (exact) mass is 363 g/mol. The lowest BCUT2D eigenvalue weighted by Crippen LogP contribution is -2.37. The van der Waals surface area contributed by atoms with Crippen molar-refractivity contribution in [2.75, 3.05) is 13.2 Å². The van der Waals surface area contributed by atoms with Crippen molar-refractivity contribution in [3.8, 4) is 0 Å². The third-order valence-corrected chi connectivity index (χ3v) is 5.70. The zero-order chi connectivity index (χ0) is 18.1. The van der Waals surface area contributed by atoms with Crippen molar-refractivity contribution in [2.45, 2.75) is 56.9 Å². The third kappa shape index (κ3) is 3.70. The highest BCUT2D eigenvalue weighted by Crippen LogP contribution is 2.39. The predicted molar refractivity (Wildman–Crippen MR) is 93.8 cm³/mol. The minimum absolute atomic E-state index is 0.0204. The molecule has 4 rings (SSSR count). The van der Waals surface area contributed by atoms with E-state index in [1.807, 2.05) is 6.07 Å². The molecule has 0 aromatic heterocycles. The van der Waals surface area contributed by atoms with Crippen LogP contribution >= 0.6 is 0 Å². The second-order valence-corrected chi connectivity index (χ2v) is 7.49. The number of carbonyl (C=O) groups excluding carboxylic acids is 1. The molecule has 0 spiro atoms. The predicted octanol–water partition coefficient (Wildman–Crippen LogP) is 2.72. The Balaban J connectivity index is 1.65. The highest BCUT2D eigenvalue weighted by Gasteiger charge is 2.41. The first-order valence-corrected chi connectivity index (χ1v) is 9.47. The van der Waals surface area contributed by atoms with E-state index in [9.17, 15) is 9.18 Å². The van der Waals surface area contributed by atoms with Crippen molar-refractivity contribution in [1.29, 1.82) is 0 Å². The van der Waals surface area contributed by atoms with E-state index in [4.69, 9.17) is 9.47 Å². The summed E-state index contributed by atoms with van der Waals surface area (Å²) in [4.78, 5) is 11.9. The van der Waals surface area contributed by atoms with Crippen LogP contribution in [-0.2, 0) is 9.47 Å². The summed E-state index contributed by atoms with van der Waals surface area (Å²) in [6.45, 7) is 2.88. The summed E-state index contributed by atoms with van der Waals surface area (Å²) < 4.78 is 25.7. The molecule has 1 aromatic carbocycles. The summed E-state index contributed by atoms with van der Waals surface area (Å²) in [7, 11) is 0. The fourth-order valence-electron chi connectivity index (χ4n) is 4.33. The molecular weight excluding hydrogens is 337 g/mol. The highest BCUT2D eigenvalue weighted by molar-refractivity contribution is 5.67. The van der Waals surface area contributed by atoms with Gasteiger partial charge in [-0.15, -0.1) is 0 Å². The molecule has 4 bridgehead atoms. The van der Waals surface area contributed by atoms with Crippen LogP contribution in [0.2, 0.25) is 0 Å². The number of rotatable bonds is 0. The van der Waals surface area contributed by atoms with E-state index in [-0.39, 0.29) is 18.0 Å². The van der Waals surface area contributed by atoms with Crippen molar-refractivity contribution in [3.05, 3.63) is 35.1 Å². The maximum atomic E-state index is 14.3. The topological polar surface area (TPSA) is 71.6 Å². The average Bonchev–Trinajstić information content (AvgIpc) is 3.03. The standard InChI is InChI=1S/C19H26FN3O3/c1-11-12-7-13(9-14(20)8-12)18-16-10-15(3-4-17(16)22-23-18)25-6-2-5-21-19(24)26-11/h7-9,11,15-18,22-23H,2-6,10H2,1H3,(H,21,24). The van der Waals surface area contributed by atoms with E-state index < -0.39 is 12.2 Å². The van der Waals surface area contributed by atoms with Gasteiger partial charge in [-0.2, -0.15) is 0 Å². The molecule has 1 aromatic rings. The van der Waals surface area contributed by atoms with Gasteiger partial charge < -0.3 is 14.8 Å². The van der Waals surface area contributed by atoms with Crippen molar-refractivity contribution >= 4 is 6.09 Å². The summed E-state index contributed by atoms with van der Waals surface area (Å²) in [6.07, 6.45) is 2.95. The number of benzene rings is 1.